The van der Waals surface area contributed by atoms with Gasteiger partial charge in [-0.2, -0.15) is 0 Å². The van der Waals surface area contributed by atoms with Crippen molar-refractivity contribution in [2.75, 3.05) is 6.61 Å². The molecule has 0 saturated carbocycles. The summed E-state index contributed by atoms with van der Waals surface area (Å²) in [5.74, 6) is -0.706. The van der Waals surface area contributed by atoms with E-state index in [0.29, 0.717) is 6.42 Å². The van der Waals surface area contributed by atoms with Crippen LogP contribution in [0.1, 0.15) is 52.4 Å². The maximum atomic E-state index is 13.0. The maximum absolute atomic E-state index is 13.0. The van der Waals surface area contributed by atoms with Crippen molar-refractivity contribution in [1.82, 2.24) is 0 Å². The lowest BCUT2D eigenvalue weighted by atomic mass is 10.1. The van der Waals surface area contributed by atoms with Gasteiger partial charge in [0.2, 0.25) is 0 Å². The van der Waals surface area contributed by atoms with Crippen LogP contribution >= 0.6 is 0 Å². The van der Waals surface area contributed by atoms with Crippen molar-refractivity contribution in [3.8, 4) is 0 Å². The Balaban J connectivity index is 3.34. The molecule has 3 heteroatoms. The second kappa shape index (κ2) is 8.97. The van der Waals surface area contributed by atoms with E-state index < -0.39 is 12.1 Å². The topological polar surface area (TPSA) is 26.3 Å². The number of rotatable bonds is 8. The quantitative estimate of drug-likeness (QED) is 0.448. The van der Waals surface area contributed by atoms with Crippen LogP contribution in [0.5, 0.6) is 0 Å². The van der Waals surface area contributed by atoms with Gasteiger partial charge in [0.05, 0.1) is 6.61 Å². The molecule has 0 aliphatic rings. The van der Waals surface area contributed by atoms with Crippen molar-refractivity contribution in [3.05, 3.63) is 0 Å². The molecule has 0 aromatic rings. The molecule has 0 fully saturated rings. The zero-order valence-corrected chi connectivity index (χ0v) is 9.22. The van der Waals surface area contributed by atoms with Gasteiger partial charge in [-0.05, 0) is 19.8 Å². The number of hydrogen-bond donors (Lipinski definition) is 0. The molecule has 14 heavy (non-hydrogen) atoms. The highest BCUT2D eigenvalue weighted by Gasteiger charge is 2.17. The number of esters is 1. The molecular formula is C11H21FO2. The Morgan fingerprint density at radius 2 is 1.86 bits per heavy atom. The molecule has 0 bridgehead atoms. The van der Waals surface area contributed by atoms with Crippen molar-refractivity contribution in [2.45, 2.75) is 58.5 Å². The smallest absolute Gasteiger partial charge is 0.340 e. The number of unbranched alkanes of at least 4 members (excludes halogenated alkanes) is 4. The lowest BCUT2D eigenvalue weighted by Gasteiger charge is -2.06. The molecule has 0 N–H and O–H groups in total. The van der Waals surface area contributed by atoms with Crippen LogP contribution < -0.4 is 0 Å². The second-order valence-corrected chi connectivity index (χ2v) is 3.42. The van der Waals surface area contributed by atoms with E-state index in [1.807, 2.05) is 0 Å². The van der Waals surface area contributed by atoms with Crippen LogP contribution in [0.4, 0.5) is 4.39 Å². The van der Waals surface area contributed by atoms with Gasteiger partial charge in [0.25, 0.3) is 0 Å². The monoisotopic (exact) mass is 204 g/mol. The first-order chi connectivity index (χ1) is 6.72. The Labute approximate surface area is 85.8 Å². The van der Waals surface area contributed by atoms with Crippen LogP contribution in [-0.2, 0) is 9.53 Å². The molecule has 2 nitrogen and oxygen atoms in total. The molecule has 0 aliphatic carbocycles. The van der Waals surface area contributed by atoms with E-state index in [9.17, 15) is 9.18 Å². The summed E-state index contributed by atoms with van der Waals surface area (Å²) in [6.45, 7) is 4.08. The Kier molecular flexibility index (Phi) is 8.59. The maximum Gasteiger partial charge on any atom is 0.340 e. The first-order valence-electron chi connectivity index (χ1n) is 5.53. The van der Waals surface area contributed by atoms with E-state index in [1.165, 1.54) is 12.8 Å². The van der Waals surface area contributed by atoms with E-state index in [0.717, 1.165) is 19.3 Å². The fourth-order valence-electron chi connectivity index (χ4n) is 1.28. The highest BCUT2D eigenvalue weighted by molar-refractivity contribution is 5.74. The van der Waals surface area contributed by atoms with Crippen molar-refractivity contribution < 1.29 is 13.9 Å². The summed E-state index contributed by atoms with van der Waals surface area (Å²) in [6.07, 6.45) is 4.17. The molecule has 0 spiro atoms. The van der Waals surface area contributed by atoms with Crippen molar-refractivity contribution in [3.63, 3.8) is 0 Å². The van der Waals surface area contributed by atoms with E-state index >= 15 is 0 Å². The lowest BCUT2D eigenvalue weighted by Crippen LogP contribution is -2.18. The van der Waals surface area contributed by atoms with Gasteiger partial charge in [-0.1, -0.05) is 32.6 Å². The minimum absolute atomic E-state index is 0.259. The van der Waals surface area contributed by atoms with Gasteiger partial charge in [-0.15, -0.1) is 0 Å². The number of alkyl halides is 1. The van der Waals surface area contributed by atoms with Gasteiger partial charge < -0.3 is 4.74 Å². The third-order valence-corrected chi connectivity index (χ3v) is 2.10. The molecule has 1 unspecified atom stereocenters. The van der Waals surface area contributed by atoms with Crippen LogP contribution in [-0.4, -0.2) is 18.7 Å². The Hall–Kier alpha value is -0.600. The summed E-state index contributed by atoms with van der Waals surface area (Å²) in [5.41, 5.74) is 0. The van der Waals surface area contributed by atoms with Gasteiger partial charge in [0.15, 0.2) is 6.17 Å². The number of halogens is 1. The molecule has 0 aromatic heterocycles. The zero-order valence-electron chi connectivity index (χ0n) is 9.22. The van der Waals surface area contributed by atoms with Crippen molar-refractivity contribution >= 4 is 5.97 Å². The van der Waals surface area contributed by atoms with Gasteiger partial charge >= 0.3 is 5.97 Å². The predicted octanol–water partition coefficient (Wildman–Crippen LogP) is 3.25. The van der Waals surface area contributed by atoms with Crippen molar-refractivity contribution in [2.24, 2.45) is 0 Å². The highest BCUT2D eigenvalue weighted by atomic mass is 19.1. The van der Waals surface area contributed by atoms with Crippen LogP contribution in [0.3, 0.4) is 0 Å². The molecule has 0 aliphatic heterocycles. The summed E-state index contributed by atoms with van der Waals surface area (Å²) in [6, 6.07) is 0. The third-order valence-electron chi connectivity index (χ3n) is 2.10. The molecule has 0 rings (SSSR count). The zero-order chi connectivity index (χ0) is 10.8. The molecule has 0 heterocycles. The second-order valence-electron chi connectivity index (χ2n) is 3.42. The Bertz CT molecular complexity index is 148. The molecule has 84 valence electrons. The normalized spacial score (nSPS) is 12.5. The molecule has 0 radical (unpaired) electrons. The molecular weight excluding hydrogens is 183 g/mol. The standard InChI is InChI=1S/C11H21FO2/c1-3-5-6-7-8-9-10(12)11(13)14-4-2/h10H,3-9H2,1-2H3. The number of carbonyl (C=O) groups is 1. The minimum atomic E-state index is -1.42. The van der Waals surface area contributed by atoms with Crippen LogP contribution in [0.15, 0.2) is 0 Å². The SMILES string of the molecule is CCCCCCCC(F)C(=O)OCC. The summed E-state index contributed by atoms with van der Waals surface area (Å²) >= 11 is 0. The van der Waals surface area contributed by atoms with E-state index in [-0.39, 0.29) is 6.61 Å². The van der Waals surface area contributed by atoms with E-state index in [4.69, 9.17) is 0 Å². The summed E-state index contributed by atoms with van der Waals surface area (Å²) in [4.78, 5) is 10.9. The number of ether oxygens (including phenoxy) is 1. The fourth-order valence-corrected chi connectivity index (χ4v) is 1.28. The van der Waals surface area contributed by atoms with Gasteiger partial charge in [0.1, 0.15) is 0 Å². The summed E-state index contributed by atoms with van der Waals surface area (Å²) in [7, 11) is 0. The van der Waals surface area contributed by atoms with Gasteiger partial charge in [-0.25, -0.2) is 9.18 Å². The average molecular weight is 204 g/mol. The first kappa shape index (κ1) is 13.4. The Morgan fingerprint density at radius 1 is 1.21 bits per heavy atom. The molecule has 0 saturated heterocycles. The third kappa shape index (κ3) is 6.87. The largest absolute Gasteiger partial charge is 0.464 e. The number of hydrogen-bond acceptors (Lipinski definition) is 2. The van der Waals surface area contributed by atoms with E-state index in [1.54, 1.807) is 6.92 Å². The van der Waals surface area contributed by atoms with Gasteiger partial charge in [-0.3, -0.25) is 0 Å². The predicted molar refractivity (Wildman–Crippen MR) is 54.9 cm³/mol. The fraction of sp³-hybridized carbons (Fsp3) is 0.909. The molecule has 0 aromatic carbocycles. The van der Waals surface area contributed by atoms with Gasteiger partial charge in [0, 0.05) is 0 Å². The highest BCUT2D eigenvalue weighted by Crippen LogP contribution is 2.10. The first-order valence-corrected chi connectivity index (χ1v) is 5.53. The molecule has 0 amide bonds. The summed E-state index contributed by atoms with van der Waals surface area (Å²) < 4.78 is 17.6. The summed E-state index contributed by atoms with van der Waals surface area (Å²) in [5, 5.41) is 0. The Morgan fingerprint density at radius 3 is 2.43 bits per heavy atom. The average Bonchev–Trinajstić information content (AvgIpc) is 2.17. The minimum Gasteiger partial charge on any atom is -0.464 e. The van der Waals surface area contributed by atoms with E-state index in [2.05, 4.69) is 11.7 Å². The molecule has 1 atom stereocenters. The van der Waals surface area contributed by atoms with Crippen LogP contribution in [0, 0.1) is 0 Å². The number of carbonyl (C=O) groups excluding carboxylic acids is 1. The lowest BCUT2D eigenvalue weighted by molar-refractivity contribution is -0.149. The van der Waals surface area contributed by atoms with Crippen LogP contribution in [0.25, 0.3) is 0 Å². The van der Waals surface area contributed by atoms with Crippen LogP contribution in [0.2, 0.25) is 0 Å². The van der Waals surface area contributed by atoms with Crippen molar-refractivity contribution in [1.29, 1.82) is 0 Å².